The Labute approximate surface area is 106 Å². The Morgan fingerprint density at radius 2 is 2.12 bits per heavy atom. The van der Waals surface area contributed by atoms with E-state index in [2.05, 4.69) is 0 Å². The summed E-state index contributed by atoms with van der Waals surface area (Å²) >= 11 is 6.10. The van der Waals surface area contributed by atoms with Crippen molar-refractivity contribution in [3.05, 3.63) is 22.7 Å². The van der Waals surface area contributed by atoms with Crippen molar-refractivity contribution in [2.75, 3.05) is 23.7 Å². The van der Waals surface area contributed by atoms with Gasteiger partial charge in [0.05, 0.1) is 16.3 Å². The van der Waals surface area contributed by atoms with E-state index in [0.29, 0.717) is 22.9 Å². The number of carbonyl (C=O) groups is 1. The number of nitrogens with zero attached hydrogens (tertiary/aromatic N) is 1. The van der Waals surface area contributed by atoms with Gasteiger partial charge in [0.1, 0.15) is 0 Å². The van der Waals surface area contributed by atoms with Crippen LogP contribution >= 0.6 is 11.6 Å². The molecule has 94 valence electrons. The number of nitrogens with two attached hydrogens (primary N) is 1. The summed E-state index contributed by atoms with van der Waals surface area (Å²) in [6.45, 7) is 5.47. The third-order valence-corrected chi connectivity index (χ3v) is 2.80. The van der Waals surface area contributed by atoms with Gasteiger partial charge in [-0.05, 0) is 25.5 Å². The van der Waals surface area contributed by atoms with Crippen LogP contribution in [0.5, 0.6) is 0 Å². The zero-order valence-electron chi connectivity index (χ0n) is 10.0. The number of halogens is 1. The molecule has 0 unspecified atom stereocenters. The third kappa shape index (κ3) is 3.03. The second-order valence-corrected chi connectivity index (χ2v) is 4.19. The van der Waals surface area contributed by atoms with E-state index >= 15 is 0 Å². The first-order valence-corrected chi connectivity index (χ1v) is 5.96. The highest BCUT2D eigenvalue weighted by atomic mass is 35.5. The monoisotopic (exact) mass is 256 g/mol. The van der Waals surface area contributed by atoms with Crippen LogP contribution in [0.15, 0.2) is 12.1 Å². The molecule has 0 amide bonds. The van der Waals surface area contributed by atoms with Crippen molar-refractivity contribution in [2.24, 2.45) is 0 Å². The third-order valence-electron chi connectivity index (χ3n) is 2.51. The van der Waals surface area contributed by atoms with Gasteiger partial charge in [-0.25, -0.2) is 4.79 Å². The molecule has 0 aromatic heterocycles. The van der Waals surface area contributed by atoms with Crippen LogP contribution in [-0.2, 0) is 0 Å². The highest BCUT2D eigenvalue weighted by Gasteiger charge is 2.18. The molecule has 1 aromatic rings. The van der Waals surface area contributed by atoms with E-state index in [1.165, 1.54) is 6.07 Å². The number of carboxylic acids is 1. The number of hydrogen-bond donors (Lipinski definition) is 2. The van der Waals surface area contributed by atoms with Crippen LogP contribution in [0, 0.1) is 0 Å². The zero-order chi connectivity index (χ0) is 13.0. The van der Waals surface area contributed by atoms with Gasteiger partial charge in [-0.1, -0.05) is 18.5 Å². The molecule has 0 radical (unpaired) electrons. The molecule has 0 aliphatic rings. The molecule has 0 saturated carbocycles. The fraction of sp³-hybridized carbons (Fsp3) is 0.417. The highest BCUT2D eigenvalue weighted by molar-refractivity contribution is 6.34. The average molecular weight is 257 g/mol. The summed E-state index contributed by atoms with van der Waals surface area (Å²) in [6, 6.07) is 3.03. The van der Waals surface area contributed by atoms with Gasteiger partial charge < -0.3 is 15.7 Å². The maximum atomic E-state index is 11.2. The molecule has 17 heavy (non-hydrogen) atoms. The Kier molecular flexibility index (Phi) is 4.63. The minimum absolute atomic E-state index is 0.158. The van der Waals surface area contributed by atoms with E-state index in [4.69, 9.17) is 17.3 Å². The van der Waals surface area contributed by atoms with Crippen LogP contribution in [0.3, 0.4) is 0 Å². The van der Waals surface area contributed by atoms with Crippen LogP contribution in [0.25, 0.3) is 0 Å². The normalized spacial score (nSPS) is 10.3. The van der Waals surface area contributed by atoms with Crippen LogP contribution < -0.4 is 10.6 Å². The lowest BCUT2D eigenvalue weighted by Gasteiger charge is -2.25. The predicted octanol–water partition coefficient (Wildman–Crippen LogP) is 2.86. The summed E-state index contributed by atoms with van der Waals surface area (Å²) in [5.74, 6) is -1.01. The number of nitrogen functional groups attached to an aromatic ring is 1. The van der Waals surface area contributed by atoms with Crippen molar-refractivity contribution in [1.29, 1.82) is 0 Å². The van der Waals surface area contributed by atoms with E-state index in [0.717, 1.165) is 13.0 Å². The van der Waals surface area contributed by atoms with Crippen molar-refractivity contribution in [1.82, 2.24) is 0 Å². The summed E-state index contributed by atoms with van der Waals surface area (Å²) in [4.78, 5) is 13.2. The fourth-order valence-corrected chi connectivity index (χ4v) is 2.15. The van der Waals surface area contributed by atoms with E-state index in [1.807, 2.05) is 18.7 Å². The van der Waals surface area contributed by atoms with Gasteiger partial charge in [-0.3, -0.25) is 0 Å². The van der Waals surface area contributed by atoms with E-state index in [1.54, 1.807) is 6.07 Å². The number of carboxylic acid groups (broad SMARTS) is 1. The molecule has 0 aliphatic carbocycles. The first-order valence-electron chi connectivity index (χ1n) is 5.58. The van der Waals surface area contributed by atoms with Crippen LogP contribution in [0.2, 0.25) is 5.02 Å². The predicted molar refractivity (Wildman–Crippen MR) is 71.0 cm³/mol. The van der Waals surface area contributed by atoms with E-state index < -0.39 is 5.97 Å². The topological polar surface area (TPSA) is 66.6 Å². The number of aromatic carboxylic acids is 1. The Balaban J connectivity index is 3.33. The quantitative estimate of drug-likeness (QED) is 0.795. The van der Waals surface area contributed by atoms with Gasteiger partial charge in [0, 0.05) is 18.8 Å². The van der Waals surface area contributed by atoms with Crippen molar-refractivity contribution >= 4 is 28.9 Å². The summed E-state index contributed by atoms with van der Waals surface area (Å²) in [5, 5.41) is 9.57. The van der Waals surface area contributed by atoms with Crippen molar-refractivity contribution in [3.8, 4) is 0 Å². The molecule has 0 atom stereocenters. The first kappa shape index (κ1) is 13.6. The van der Waals surface area contributed by atoms with Gasteiger partial charge in [0.25, 0.3) is 0 Å². The Bertz CT molecular complexity index is 421. The van der Waals surface area contributed by atoms with Gasteiger partial charge in [-0.15, -0.1) is 0 Å². The van der Waals surface area contributed by atoms with Crippen LogP contribution in [0.1, 0.15) is 30.6 Å². The number of anilines is 2. The van der Waals surface area contributed by atoms with E-state index in [9.17, 15) is 9.90 Å². The summed E-state index contributed by atoms with van der Waals surface area (Å²) < 4.78 is 0. The maximum absolute atomic E-state index is 11.2. The average Bonchev–Trinajstić information content (AvgIpc) is 2.25. The van der Waals surface area contributed by atoms with Crippen molar-refractivity contribution in [2.45, 2.75) is 20.3 Å². The molecule has 1 rings (SSSR count). The van der Waals surface area contributed by atoms with Gasteiger partial charge in [0.15, 0.2) is 0 Å². The fourth-order valence-electron chi connectivity index (χ4n) is 1.80. The van der Waals surface area contributed by atoms with Gasteiger partial charge in [-0.2, -0.15) is 0 Å². The maximum Gasteiger partial charge on any atom is 0.337 e. The van der Waals surface area contributed by atoms with Gasteiger partial charge >= 0.3 is 5.97 Å². The summed E-state index contributed by atoms with van der Waals surface area (Å²) in [6.07, 6.45) is 0.924. The first-order chi connectivity index (χ1) is 8.01. The SMILES string of the molecule is CCCN(CC)c1c(Cl)cc(N)cc1C(=O)O. The lowest BCUT2D eigenvalue weighted by atomic mass is 10.1. The molecule has 0 spiro atoms. The summed E-state index contributed by atoms with van der Waals surface area (Å²) in [5.41, 5.74) is 6.69. The number of rotatable bonds is 5. The smallest absolute Gasteiger partial charge is 0.337 e. The molecule has 0 heterocycles. The molecule has 4 nitrogen and oxygen atoms in total. The molecular weight excluding hydrogens is 240 g/mol. The highest BCUT2D eigenvalue weighted by Crippen LogP contribution is 2.32. The molecular formula is C12H17ClN2O2. The molecule has 0 fully saturated rings. The number of benzene rings is 1. The van der Waals surface area contributed by atoms with Gasteiger partial charge in [0.2, 0.25) is 0 Å². The molecule has 0 aliphatic heterocycles. The lowest BCUT2D eigenvalue weighted by Crippen LogP contribution is -2.26. The molecule has 0 saturated heterocycles. The molecule has 5 heteroatoms. The minimum Gasteiger partial charge on any atom is -0.478 e. The largest absolute Gasteiger partial charge is 0.478 e. The lowest BCUT2D eigenvalue weighted by molar-refractivity contribution is 0.0697. The Morgan fingerprint density at radius 1 is 1.47 bits per heavy atom. The molecule has 3 N–H and O–H groups in total. The molecule has 1 aromatic carbocycles. The van der Waals surface area contributed by atoms with Crippen LogP contribution in [-0.4, -0.2) is 24.2 Å². The Hall–Kier alpha value is -1.42. The summed E-state index contributed by atoms with van der Waals surface area (Å²) in [7, 11) is 0. The second-order valence-electron chi connectivity index (χ2n) is 3.78. The Morgan fingerprint density at radius 3 is 2.59 bits per heavy atom. The second kappa shape index (κ2) is 5.77. The van der Waals surface area contributed by atoms with Crippen molar-refractivity contribution < 1.29 is 9.90 Å². The number of hydrogen-bond acceptors (Lipinski definition) is 3. The minimum atomic E-state index is -1.01. The standard InChI is InChI=1S/C12H17ClN2O2/c1-3-5-15(4-2)11-9(12(16)17)6-8(14)7-10(11)13/h6-7H,3-5,14H2,1-2H3,(H,16,17). The molecule has 0 bridgehead atoms. The van der Waals surface area contributed by atoms with Crippen molar-refractivity contribution in [3.63, 3.8) is 0 Å². The zero-order valence-corrected chi connectivity index (χ0v) is 10.8. The van der Waals surface area contributed by atoms with E-state index in [-0.39, 0.29) is 5.56 Å². The van der Waals surface area contributed by atoms with Crippen LogP contribution in [0.4, 0.5) is 11.4 Å².